The number of carbonyl (C=O) groups is 2. The number of nitrogens with zero attached hydrogens (tertiary/aromatic N) is 1. The summed E-state index contributed by atoms with van der Waals surface area (Å²) in [5.74, 6) is -1.33. The third-order valence-electron chi connectivity index (χ3n) is 3.22. The van der Waals surface area contributed by atoms with Crippen LogP contribution < -0.4 is 5.32 Å². The van der Waals surface area contributed by atoms with Gasteiger partial charge in [0.2, 0.25) is 0 Å². The number of aliphatic carboxylic acids is 1. The lowest BCUT2D eigenvalue weighted by atomic mass is 10.1. The smallest absolute Gasteiger partial charge is 0.317 e. The predicted octanol–water partition coefficient (Wildman–Crippen LogP) is 0.448. The lowest BCUT2D eigenvalue weighted by molar-refractivity contribution is -0.140. The lowest BCUT2D eigenvalue weighted by Gasteiger charge is -2.22. The summed E-state index contributed by atoms with van der Waals surface area (Å²) in [5, 5.41) is 11.7. The Morgan fingerprint density at radius 1 is 1.28 bits per heavy atom. The van der Waals surface area contributed by atoms with E-state index in [2.05, 4.69) is 5.32 Å². The van der Waals surface area contributed by atoms with Gasteiger partial charge < -0.3 is 20.1 Å². The van der Waals surface area contributed by atoms with Crippen molar-refractivity contribution in [1.29, 1.82) is 0 Å². The number of carbonyl (C=O) groups excluding carboxylic acids is 1. The van der Waals surface area contributed by atoms with Crippen LogP contribution in [0.15, 0.2) is 12.2 Å². The Balaban J connectivity index is 1.81. The molecular weight excluding hydrogens is 236 g/mol. The van der Waals surface area contributed by atoms with Crippen molar-refractivity contribution in [1.82, 2.24) is 10.2 Å². The molecular formula is C12H18N2O4. The van der Waals surface area contributed by atoms with Crippen molar-refractivity contribution in [2.24, 2.45) is 5.92 Å². The number of hydrogen-bond acceptors (Lipinski definition) is 3. The Labute approximate surface area is 106 Å². The number of nitrogens with one attached hydrogen (secondary N) is 1. The molecule has 18 heavy (non-hydrogen) atoms. The Kier molecular flexibility index (Phi) is 4.19. The molecule has 2 atom stereocenters. The second-order valence-electron chi connectivity index (χ2n) is 4.57. The summed E-state index contributed by atoms with van der Waals surface area (Å²) in [6.07, 6.45) is 4.67. The molecule has 1 fully saturated rings. The monoisotopic (exact) mass is 254 g/mol. The van der Waals surface area contributed by atoms with Crippen molar-refractivity contribution in [2.45, 2.75) is 18.9 Å². The van der Waals surface area contributed by atoms with Gasteiger partial charge in [0.05, 0.1) is 18.6 Å². The number of carboxylic acids is 1. The minimum atomic E-state index is -0.842. The molecule has 1 aliphatic heterocycles. The summed E-state index contributed by atoms with van der Waals surface area (Å²) in [7, 11) is 0. The zero-order chi connectivity index (χ0) is 13.0. The molecule has 2 rings (SSSR count). The minimum absolute atomic E-state index is 0.138. The molecule has 0 aromatic heterocycles. The molecule has 0 aromatic rings. The summed E-state index contributed by atoms with van der Waals surface area (Å²) in [6.45, 7) is 2.52. The summed E-state index contributed by atoms with van der Waals surface area (Å²) in [4.78, 5) is 24.5. The van der Waals surface area contributed by atoms with Gasteiger partial charge >= 0.3 is 12.0 Å². The van der Waals surface area contributed by atoms with Crippen molar-refractivity contribution >= 4 is 12.0 Å². The van der Waals surface area contributed by atoms with Gasteiger partial charge in [0.15, 0.2) is 0 Å². The van der Waals surface area contributed by atoms with Gasteiger partial charge in [-0.2, -0.15) is 0 Å². The molecule has 1 saturated heterocycles. The fourth-order valence-electron chi connectivity index (χ4n) is 2.19. The number of carboxylic acid groups (broad SMARTS) is 1. The third kappa shape index (κ3) is 3.22. The van der Waals surface area contributed by atoms with Gasteiger partial charge in [0.25, 0.3) is 0 Å². The summed E-state index contributed by atoms with van der Waals surface area (Å²) in [6, 6.07) is -0.316. The second-order valence-corrected chi connectivity index (χ2v) is 4.57. The van der Waals surface area contributed by atoms with Crippen LogP contribution in [0.25, 0.3) is 0 Å². The van der Waals surface area contributed by atoms with Crippen molar-refractivity contribution < 1.29 is 19.4 Å². The zero-order valence-electron chi connectivity index (χ0n) is 10.2. The zero-order valence-corrected chi connectivity index (χ0v) is 10.2. The lowest BCUT2D eigenvalue weighted by Crippen LogP contribution is -2.45. The van der Waals surface area contributed by atoms with Crippen LogP contribution in [-0.4, -0.2) is 54.4 Å². The highest BCUT2D eigenvalue weighted by molar-refractivity contribution is 5.76. The molecule has 2 amide bonds. The number of urea groups is 1. The van der Waals surface area contributed by atoms with E-state index in [9.17, 15) is 9.59 Å². The van der Waals surface area contributed by atoms with Crippen LogP contribution in [-0.2, 0) is 9.53 Å². The topological polar surface area (TPSA) is 78.9 Å². The summed E-state index contributed by atoms with van der Waals surface area (Å²) >= 11 is 0. The molecule has 0 saturated carbocycles. The van der Waals surface area contributed by atoms with Crippen LogP contribution in [0.4, 0.5) is 4.79 Å². The first-order valence-corrected chi connectivity index (χ1v) is 6.21. The molecule has 6 heteroatoms. The SMILES string of the molecule is O=C(O)C1C=CC(NC(=O)N2CCCOCC2)C1. The molecule has 1 heterocycles. The van der Waals surface area contributed by atoms with E-state index >= 15 is 0 Å². The maximum absolute atomic E-state index is 12.0. The number of ether oxygens (including phenoxy) is 1. The first-order chi connectivity index (χ1) is 8.66. The average Bonchev–Trinajstić information content (AvgIpc) is 2.64. The minimum Gasteiger partial charge on any atom is -0.481 e. The Morgan fingerprint density at radius 2 is 2.11 bits per heavy atom. The van der Waals surface area contributed by atoms with Crippen molar-refractivity contribution in [3.63, 3.8) is 0 Å². The molecule has 0 spiro atoms. The van der Waals surface area contributed by atoms with Gasteiger partial charge in [-0.05, 0) is 12.8 Å². The van der Waals surface area contributed by atoms with E-state index in [1.807, 2.05) is 0 Å². The van der Waals surface area contributed by atoms with Gasteiger partial charge in [0.1, 0.15) is 0 Å². The van der Waals surface area contributed by atoms with Crippen molar-refractivity contribution in [3.05, 3.63) is 12.2 Å². The van der Waals surface area contributed by atoms with E-state index in [-0.39, 0.29) is 12.1 Å². The quantitative estimate of drug-likeness (QED) is 0.701. The standard InChI is InChI=1S/C12H18N2O4/c15-11(16)9-2-3-10(8-9)13-12(17)14-4-1-6-18-7-5-14/h2-3,9-10H,1,4-8H2,(H,13,17)(H,15,16). The fraction of sp³-hybridized carbons (Fsp3) is 0.667. The van der Waals surface area contributed by atoms with Crippen LogP contribution in [0.1, 0.15) is 12.8 Å². The van der Waals surface area contributed by atoms with E-state index in [0.717, 1.165) is 6.42 Å². The van der Waals surface area contributed by atoms with Crippen molar-refractivity contribution in [3.8, 4) is 0 Å². The third-order valence-corrected chi connectivity index (χ3v) is 3.22. The first-order valence-electron chi connectivity index (χ1n) is 6.21. The molecule has 0 bridgehead atoms. The maximum Gasteiger partial charge on any atom is 0.317 e. The molecule has 2 aliphatic rings. The number of amides is 2. The fourth-order valence-corrected chi connectivity index (χ4v) is 2.19. The van der Waals surface area contributed by atoms with Crippen LogP contribution in [0, 0.1) is 5.92 Å². The highest BCUT2D eigenvalue weighted by Gasteiger charge is 2.26. The summed E-state index contributed by atoms with van der Waals surface area (Å²) < 4.78 is 5.28. The Hall–Kier alpha value is -1.56. The number of rotatable bonds is 2. The normalized spacial score (nSPS) is 27.9. The first kappa shape index (κ1) is 12.9. The van der Waals surface area contributed by atoms with Gasteiger partial charge in [0, 0.05) is 19.7 Å². The van der Waals surface area contributed by atoms with Gasteiger partial charge in [-0.3, -0.25) is 4.79 Å². The Morgan fingerprint density at radius 3 is 2.83 bits per heavy atom. The van der Waals surface area contributed by atoms with E-state index in [0.29, 0.717) is 32.7 Å². The van der Waals surface area contributed by atoms with Gasteiger partial charge in [-0.25, -0.2) is 4.79 Å². The average molecular weight is 254 g/mol. The Bertz CT molecular complexity index is 348. The second kappa shape index (κ2) is 5.86. The van der Waals surface area contributed by atoms with E-state index in [1.54, 1.807) is 17.1 Å². The molecule has 6 nitrogen and oxygen atoms in total. The molecule has 0 aromatic carbocycles. The van der Waals surface area contributed by atoms with Gasteiger partial charge in [-0.15, -0.1) is 0 Å². The van der Waals surface area contributed by atoms with Crippen LogP contribution >= 0.6 is 0 Å². The highest BCUT2D eigenvalue weighted by atomic mass is 16.5. The number of hydrogen-bond donors (Lipinski definition) is 2. The van der Waals surface area contributed by atoms with Crippen LogP contribution in [0.2, 0.25) is 0 Å². The van der Waals surface area contributed by atoms with Gasteiger partial charge in [-0.1, -0.05) is 12.2 Å². The van der Waals surface area contributed by atoms with Crippen LogP contribution in [0.5, 0.6) is 0 Å². The molecule has 2 unspecified atom stereocenters. The van der Waals surface area contributed by atoms with Crippen LogP contribution in [0.3, 0.4) is 0 Å². The molecule has 100 valence electrons. The maximum atomic E-state index is 12.0. The predicted molar refractivity (Wildman–Crippen MR) is 64.2 cm³/mol. The van der Waals surface area contributed by atoms with Crippen molar-refractivity contribution in [2.75, 3.05) is 26.3 Å². The van der Waals surface area contributed by atoms with E-state index in [4.69, 9.17) is 9.84 Å². The molecule has 0 radical (unpaired) electrons. The molecule has 2 N–H and O–H groups in total. The summed E-state index contributed by atoms with van der Waals surface area (Å²) in [5.41, 5.74) is 0. The highest BCUT2D eigenvalue weighted by Crippen LogP contribution is 2.18. The van der Waals surface area contributed by atoms with E-state index < -0.39 is 11.9 Å². The van der Waals surface area contributed by atoms with E-state index in [1.165, 1.54) is 0 Å². The molecule has 1 aliphatic carbocycles. The largest absolute Gasteiger partial charge is 0.481 e.